The number of fused-ring (bicyclic) bond motifs is 1. The van der Waals surface area contributed by atoms with Gasteiger partial charge < -0.3 is 10.4 Å². The van der Waals surface area contributed by atoms with Crippen molar-refractivity contribution in [1.82, 2.24) is 9.97 Å². The van der Waals surface area contributed by atoms with Crippen LogP contribution in [0.25, 0.3) is 20.8 Å². The van der Waals surface area contributed by atoms with E-state index in [9.17, 15) is 5.11 Å². The third-order valence-electron chi connectivity index (χ3n) is 2.68. The van der Waals surface area contributed by atoms with E-state index in [0.29, 0.717) is 5.82 Å². The van der Waals surface area contributed by atoms with Gasteiger partial charge in [0.2, 0.25) is 0 Å². The van der Waals surface area contributed by atoms with Crippen molar-refractivity contribution in [2.45, 2.75) is 3.54 Å². The number of thiazole rings is 1. The van der Waals surface area contributed by atoms with Gasteiger partial charge in [-0.2, -0.15) is 0 Å². The van der Waals surface area contributed by atoms with Crippen molar-refractivity contribution >= 4 is 65.3 Å². The third kappa shape index (κ3) is 3.57. The molecule has 108 valence electrons. The van der Waals surface area contributed by atoms with E-state index in [0.717, 1.165) is 20.8 Å². The summed E-state index contributed by atoms with van der Waals surface area (Å²) in [5, 5.41) is 13.3. The van der Waals surface area contributed by atoms with Crippen LogP contribution in [0.15, 0.2) is 36.5 Å². The summed E-state index contributed by atoms with van der Waals surface area (Å²) in [6.07, 6.45) is 1.72. The van der Waals surface area contributed by atoms with Gasteiger partial charge in [0, 0.05) is 11.8 Å². The number of phenols is 1. The number of anilines is 1. The average Bonchev–Trinajstić information content (AvgIpc) is 2.80. The molecular formula is C13H11N3OS4. The molecule has 21 heavy (non-hydrogen) atoms. The molecule has 0 spiro atoms. The molecule has 2 heterocycles. The number of nitrogens with zero attached hydrogens (tertiary/aromatic N) is 2. The highest BCUT2D eigenvalue weighted by molar-refractivity contribution is 8.17. The van der Waals surface area contributed by atoms with Gasteiger partial charge >= 0.3 is 0 Å². The highest BCUT2D eigenvalue weighted by atomic mass is 32.2. The van der Waals surface area contributed by atoms with E-state index in [1.807, 2.05) is 12.1 Å². The summed E-state index contributed by atoms with van der Waals surface area (Å²) in [6.45, 7) is 0. The average molecular weight is 354 g/mol. The fourth-order valence-electron chi connectivity index (χ4n) is 1.80. The van der Waals surface area contributed by atoms with Crippen LogP contribution >= 0.6 is 49.2 Å². The van der Waals surface area contributed by atoms with Crippen molar-refractivity contribution in [3.05, 3.63) is 36.5 Å². The van der Waals surface area contributed by atoms with Crippen LogP contribution < -0.4 is 5.32 Å². The van der Waals surface area contributed by atoms with Crippen LogP contribution in [-0.2, 0) is 0 Å². The Morgan fingerprint density at radius 3 is 2.62 bits per heavy atom. The Morgan fingerprint density at radius 1 is 1.14 bits per heavy atom. The number of aromatic nitrogens is 2. The van der Waals surface area contributed by atoms with E-state index >= 15 is 0 Å². The highest BCUT2D eigenvalue weighted by Gasteiger charge is 2.14. The number of thiol groups is 3. The maximum absolute atomic E-state index is 9.49. The van der Waals surface area contributed by atoms with Crippen molar-refractivity contribution < 1.29 is 5.11 Å². The molecule has 4 nitrogen and oxygen atoms in total. The lowest BCUT2D eigenvalue weighted by molar-refractivity contribution is 0.476. The minimum absolute atomic E-state index is 0.239. The van der Waals surface area contributed by atoms with E-state index < -0.39 is 3.54 Å². The third-order valence-corrected chi connectivity index (χ3v) is 4.08. The molecule has 8 heteroatoms. The lowest BCUT2D eigenvalue weighted by Gasteiger charge is -2.17. The van der Waals surface area contributed by atoms with E-state index in [-0.39, 0.29) is 5.75 Å². The van der Waals surface area contributed by atoms with Crippen LogP contribution in [0.3, 0.4) is 0 Å². The fraction of sp³-hybridized carbons (Fsp3) is 0.0769. The highest BCUT2D eigenvalue weighted by Crippen LogP contribution is 2.32. The van der Waals surface area contributed by atoms with Gasteiger partial charge in [0.25, 0.3) is 0 Å². The molecule has 0 aliphatic rings. The maximum atomic E-state index is 9.49. The first-order valence-corrected chi connectivity index (χ1v) is 8.08. The molecule has 2 aromatic heterocycles. The van der Waals surface area contributed by atoms with Crippen LogP contribution in [-0.4, -0.2) is 18.6 Å². The van der Waals surface area contributed by atoms with Gasteiger partial charge in [-0.3, -0.25) is 0 Å². The minimum atomic E-state index is -0.929. The largest absolute Gasteiger partial charge is 0.508 e. The van der Waals surface area contributed by atoms with Gasteiger partial charge in [0.1, 0.15) is 16.6 Å². The molecule has 0 saturated heterocycles. The zero-order valence-electron chi connectivity index (χ0n) is 10.6. The Labute approximate surface area is 141 Å². The van der Waals surface area contributed by atoms with Crippen LogP contribution in [0.5, 0.6) is 5.75 Å². The number of nitrogens with one attached hydrogen (secondary N) is 1. The van der Waals surface area contributed by atoms with Crippen molar-refractivity contribution in [2.75, 3.05) is 5.32 Å². The molecule has 0 amide bonds. The standard InChI is InChI=1S/C13H11N3OS4/c17-8-2-3-9-10(5-8)21-12(15-9)7-1-4-11(14-6-7)16-13(18,19)20/h1-6,17-20H,(H,14,16). The molecule has 0 bridgehead atoms. The Balaban J connectivity index is 1.91. The Hall–Kier alpha value is -1.09. The van der Waals surface area contributed by atoms with Crippen molar-refractivity contribution in [1.29, 1.82) is 0 Å². The molecule has 2 N–H and O–H groups in total. The van der Waals surface area contributed by atoms with Crippen molar-refractivity contribution in [3.8, 4) is 16.3 Å². The number of phenolic OH excluding ortho intramolecular Hbond substituents is 1. The molecule has 0 aliphatic carbocycles. The quantitative estimate of drug-likeness (QED) is 0.366. The summed E-state index contributed by atoms with van der Waals surface area (Å²) in [5.41, 5.74) is 1.76. The predicted octanol–water partition coefficient (Wildman–Crippen LogP) is 3.88. The first-order valence-electron chi connectivity index (χ1n) is 5.92. The summed E-state index contributed by atoms with van der Waals surface area (Å²) >= 11 is 14.0. The molecule has 3 rings (SSSR count). The minimum Gasteiger partial charge on any atom is -0.508 e. The molecule has 0 atom stereocenters. The molecule has 3 aromatic rings. The van der Waals surface area contributed by atoms with Gasteiger partial charge in [-0.25, -0.2) is 9.97 Å². The Bertz CT molecular complexity index is 780. The monoisotopic (exact) mass is 353 g/mol. The summed E-state index contributed by atoms with van der Waals surface area (Å²) in [5.74, 6) is 0.862. The first-order chi connectivity index (χ1) is 9.90. The Morgan fingerprint density at radius 2 is 1.95 bits per heavy atom. The topological polar surface area (TPSA) is 58.0 Å². The van der Waals surface area contributed by atoms with Crippen LogP contribution in [0.2, 0.25) is 0 Å². The van der Waals surface area contributed by atoms with Crippen molar-refractivity contribution in [2.24, 2.45) is 0 Å². The fourth-order valence-corrected chi connectivity index (χ4v) is 3.14. The summed E-state index contributed by atoms with van der Waals surface area (Å²) in [6, 6.07) is 8.86. The van der Waals surface area contributed by atoms with Crippen LogP contribution in [0.4, 0.5) is 5.82 Å². The lowest BCUT2D eigenvalue weighted by Crippen LogP contribution is -2.17. The van der Waals surface area contributed by atoms with Crippen molar-refractivity contribution in [3.63, 3.8) is 0 Å². The number of rotatable bonds is 3. The summed E-state index contributed by atoms with van der Waals surface area (Å²) in [4.78, 5) is 8.82. The number of hydrogen-bond donors (Lipinski definition) is 5. The van der Waals surface area contributed by atoms with Gasteiger partial charge in [-0.15, -0.1) is 49.2 Å². The zero-order valence-corrected chi connectivity index (χ0v) is 14.1. The number of hydrogen-bond acceptors (Lipinski definition) is 8. The van der Waals surface area contributed by atoms with E-state index in [4.69, 9.17) is 0 Å². The van der Waals surface area contributed by atoms with Gasteiger partial charge in [0.05, 0.1) is 10.2 Å². The second-order valence-corrected chi connectivity index (χ2v) is 8.47. The molecule has 0 fully saturated rings. The summed E-state index contributed by atoms with van der Waals surface area (Å²) < 4.78 is 0.00864. The second kappa shape index (κ2) is 5.60. The van der Waals surface area contributed by atoms with Gasteiger partial charge in [-0.05, 0) is 30.3 Å². The second-order valence-electron chi connectivity index (χ2n) is 4.36. The zero-order chi connectivity index (χ0) is 15.0. The number of benzene rings is 1. The maximum Gasteiger partial charge on any atom is 0.171 e. The SMILES string of the molecule is Oc1ccc2nc(-c3ccc(NC(S)(S)S)nc3)sc2c1. The molecule has 0 unspecified atom stereocenters. The summed E-state index contributed by atoms with van der Waals surface area (Å²) in [7, 11) is 0. The number of pyridine rings is 1. The smallest absolute Gasteiger partial charge is 0.171 e. The molecule has 1 aromatic carbocycles. The Kier molecular flexibility index (Phi) is 3.96. The molecule has 0 saturated carbocycles. The number of aromatic hydroxyl groups is 1. The van der Waals surface area contributed by atoms with Gasteiger partial charge in [-0.1, -0.05) is 0 Å². The van der Waals surface area contributed by atoms with Crippen LogP contribution in [0, 0.1) is 0 Å². The lowest BCUT2D eigenvalue weighted by atomic mass is 10.3. The predicted molar refractivity (Wildman–Crippen MR) is 97.8 cm³/mol. The van der Waals surface area contributed by atoms with Crippen LogP contribution in [0.1, 0.15) is 0 Å². The van der Waals surface area contributed by atoms with E-state index in [1.165, 1.54) is 11.3 Å². The normalized spacial score (nSPS) is 11.8. The molecular weight excluding hydrogens is 342 g/mol. The van der Waals surface area contributed by atoms with E-state index in [1.54, 1.807) is 24.4 Å². The van der Waals surface area contributed by atoms with E-state index in [2.05, 4.69) is 53.2 Å². The first kappa shape index (κ1) is 14.8. The van der Waals surface area contributed by atoms with Gasteiger partial charge in [0.15, 0.2) is 3.54 Å². The molecule has 0 aliphatic heterocycles. The molecule has 0 radical (unpaired) electrons.